The van der Waals surface area contributed by atoms with Gasteiger partial charge in [0.1, 0.15) is 6.04 Å². The smallest absolute Gasteiger partial charge is 0.282 e. The predicted molar refractivity (Wildman–Crippen MR) is 126 cm³/mol. The fourth-order valence-electron chi connectivity index (χ4n) is 5.18. The number of nitrogens with zero attached hydrogens (tertiary/aromatic N) is 4. The summed E-state index contributed by atoms with van der Waals surface area (Å²) < 4.78 is 28.5. The Balaban J connectivity index is 1.38. The van der Waals surface area contributed by atoms with E-state index >= 15 is 0 Å². The fourth-order valence-corrected chi connectivity index (χ4v) is 6.98. The molecule has 184 valence electrons. The van der Waals surface area contributed by atoms with Gasteiger partial charge in [-0.1, -0.05) is 18.2 Å². The van der Waals surface area contributed by atoms with E-state index in [1.54, 1.807) is 4.90 Å². The molecule has 3 heterocycles. The molecule has 0 spiro atoms. The standard InChI is InChI=1S/C24H33N5O4S/c1-17-6-3-7-18(2)21(17)13-26-23(30)22-9-5-11-29(22)24(31)20-8-4-10-27(16-20)34(32,33)28-14-19(12-25)15-28/h3,6-7,19-20,22H,4-5,8-11,13-16H2,1-2H3,(H,26,30)/t20-,22+/m0/s1. The maximum absolute atomic E-state index is 13.4. The molecule has 0 saturated carbocycles. The van der Waals surface area contributed by atoms with E-state index in [9.17, 15) is 18.0 Å². The van der Waals surface area contributed by atoms with Gasteiger partial charge >= 0.3 is 0 Å². The van der Waals surface area contributed by atoms with Crippen LogP contribution in [0.1, 0.15) is 42.4 Å². The van der Waals surface area contributed by atoms with Crippen LogP contribution in [0.5, 0.6) is 0 Å². The molecule has 34 heavy (non-hydrogen) atoms. The van der Waals surface area contributed by atoms with Crippen molar-refractivity contribution < 1.29 is 18.0 Å². The van der Waals surface area contributed by atoms with E-state index in [2.05, 4.69) is 11.4 Å². The molecule has 1 N–H and O–H groups in total. The number of benzene rings is 1. The van der Waals surface area contributed by atoms with Crippen LogP contribution in [-0.2, 0) is 26.3 Å². The lowest BCUT2D eigenvalue weighted by molar-refractivity contribution is -0.142. The number of nitriles is 1. The lowest BCUT2D eigenvalue weighted by Gasteiger charge is -2.41. The van der Waals surface area contributed by atoms with Crippen LogP contribution in [0.4, 0.5) is 0 Å². The zero-order valence-electron chi connectivity index (χ0n) is 19.9. The summed E-state index contributed by atoms with van der Waals surface area (Å²) in [5.41, 5.74) is 3.32. The molecule has 0 unspecified atom stereocenters. The summed E-state index contributed by atoms with van der Waals surface area (Å²) in [5, 5.41) is 12.0. The topological polar surface area (TPSA) is 114 Å². The molecule has 0 bridgehead atoms. The van der Waals surface area contributed by atoms with Gasteiger partial charge < -0.3 is 10.2 Å². The number of carbonyl (C=O) groups excluding carboxylic acids is 2. The van der Waals surface area contributed by atoms with E-state index < -0.39 is 22.2 Å². The minimum Gasteiger partial charge on any atom is -0.350 e. The molecule has 0 aliphatic carbocycles. The second-order valence-corrected chi connectivity index (χ2v) is 11.6. The maximum Gasteiger partial charge on any atom is 0.282 e. The molecule has 3 aliphatic heterocycles. The Bertz CT molecular complexity index is 1070. The van der Waals surface area contributed by atoms with E-state index in [0.717, 1.165) is 23.1 Å². The Morgan fingerprint density at radius 2 is 1.74 bits per heavy atom. The molecule has 1 aromatic rings. The maximum atomic E-state index is 13.4. The van der Waals surface area contributed by atoms with Crippen LogP contribution < -0.4 is 5.32 Å². The van der Waals surface area contributed by atoms with Crippen LogP contribution in [0.3, 0.4) is 0 Å². The highest BCUT2D eigenvalue weighted by atomic mass is 32.2. The first-order valence-corrected chi connectivity index (χ1v) is 13.4. The van der Waals surface area contributed by atoms with Gasteiger partial charge in [-0.3, -0.25) is 9.59 Å². The average Bonchev–Trinajstić information content (AvgIpc) is 3.27. The quantitative estimate of drug-likeness (QED) is 0.650. The average molecular weight is 488 g/mol. The molecule has 3 saturated heterocycles. The van der Waals surface area contributed by atoms with Gasteiger partial charge in [-0.15, -0.1) is 0 Å². The minimum absolute atomic E-state index is 0.127. The largest absolute Gasteiger partial charge is 0.350 e. The third-order valence-corrected chi connectivity index (χ3v) is 9.27. The number of carbonyl (C=O) groups is 2. The predicted octanol–water partition coefficient (Wildman–Crippen LogP) is 1.32. The van der Waals surface area contributed by atoms with Crippen LogP contribution in [0.25, 0.3) is 0 Å². The van der Waals surface area contributed by atoms with Crippen LogP contribution in [0, 0.1) is 37.0 Å². The summed E-state index contributed by atoms with van der Waals surface area (Å²) in [5.74, 6) is -1.01. The van der Waals surface area contributed by atoms with Crippen molar-refractivity contribution >= 4 is 22.0 Å². The van der Waals surface area contributed by atoms with Crippen LogP contribution in [-0.4, -0.2) is 72.5 Å². The number of hydrogen-bond acceptors (Lipinski definition) is 5. The molecular formula is C24H33N5O4S. The summed E-state index contributed by atoms with van der Waals surface area (Å²) in [6.45, 7) is 5.89. The Morgan fingerprint density at radius 1 is 1.06 bits per heavy atom. The van der Waals surface area contributed by atoms with Gasteiger partial charge in [0.2, 0.25) is 11.8 Å². The first-order chi connectivity index (χ1) is 16.2. The van der Waals surface area contributed by atoms with Crippen molar-refractivity contribution in [1.82, 2.24) is 18.8 Å². The number of amides is 2. The minimum atomic E-state index is -3.67. The molecule has 10 heteroatoms. The Kier molecular flexibility index (Phi) is 7.26. The van der Waals surface area contributed by atoms with E-state index in [4.69, 9.17) is 5.26 Å². The second kappa shape index (κ2) is 10.0. The summed E-state index contributed by atoms with van der Waals surface area (Å²) in [4.78, 5) is 28.1. The normalized spacial score (nSPS) is 24.4. The van der Waals surface area contributed by atoms with Gasteiger partial charge in [0.25, 0.3) is 10.2 Å². The van der Waals surface area contributed by atoms with Gasteiger partial charge in [0.15, 0.2) is 0 Å². The summed E-state index contributed by atoms with van der Waals surface area (Å²) in [6, 6.07) is 7.60. The van der Waals surface area contributed by atoms with Gasteiger partial charge in [-0.25, -0.2) is 0 Å². The highest BCUT2D eigenvalue weighted by Gasteiger charge is 2.44. The molecule has 0 aromatic heterocycles. The number of nitrogens with one attached hydrogen (secondary N) is 1. The summed E-state index contributed by atoms with van der Waals surface area (Å²) >= 11 is 0. The monoisotopic (exact) mass is 487 g/mol. The van der Waals surface area contributed by atoms with E-state index in [0.29, 0.717) is 38.9 Å². The molecule has 1 aromatic carbocycles. The number of likely N-dealkylation sites (tertiary alicyclic amines) is 1. The van der Waals surface area contributed by atoms with E-state index in [-0.39, 0.29) is 37.4 Å². The zero-order valence-corrected chi connectivity index (χ0v) is 20.7. The highest BCUT2D eigenvalue weighted by molar-refractivity contribution is 7.86. The first kappa shape index (κ1) is 24.6. The molecule has 0 radical (unpaired) electrons. The SMILES string of the molecule is Cc1cccc(C)c1CNC(=O)[C@H]1CCCN1C(=O)[C@H]1CCCN(S(=O)(=O)N2CC(C#N)C2)C1. The lowest BCUT2D eigenvalue weighted by atomic mass is 9.97. The van der Waals surface area contributed by atoms with Crippen molar-refractivity contribution in [3.05, 3.63) is 34.9 Å². The Hall–Kier alpha value is -2.48. The molecule has 2 atom stereocenters. The second-order valence-electron chi connectivity index (χ2n) is 9.63. The van der Waals surface area contributed by atoms with Crippen molar-refractivity contribution in [3.8, 4) is 6.07 Å². The number of rotatable bonds is 6. The van der Waals surface area contributed by atoms with E-state index in [1.807, 2.05) is 32.0 Å². The molecule has 3 fully saturated rings. The molecule has 2 amide bonds. The van der Waals surface area contributed by atoms with Crippen LogP contribution >= 0.6 is 0 Å². The molecular weight excluding hydrogens is 454 g/mol. The molecule has 4 rings (SSSR count). The number of hydrogen-bond donors (Lipinski definition) is 1. The number of piperidine rings is 1. The van der Waals surface area contributed by atoms with Gasteiger partial charge in [0.05, 0.1) is 17.9 Å². The summed E-state index contributed by atoms with van der Waals surface area (Å²) in [6.07, 6.45) is 2.58. The first-order valence-electron chi connectivity index (χ1n) is 12.0. The van der Waals surface area contributed by atoms with Gasteiger partial charge in [-0.05, 0) is 56.2 Å². The third kappa shape index (κ3) is 4.83. The zero-order chi connectivity index (χ0) is 24.5. The highest BCUT2D eigenvalue weighted by Crippen LogP contribution is 2.29. The van der Waals surface area contributed by atoms with Crippen molar-refractivity contribution in [2.45, 2.75) is 52.1 Å². The number of aryl methyl sites for hydroxylation is 2. The van der Waals surface area contributed by atoms with Gasteiger partial charge in [0, 0.05) is 39.3 Å². The van der Waals surface area contributed by atoms with Crippen LogP contribution in [0.15, 0.2) is 18.2 Å². The lowest BCUT2D eigenvalue weighted by Crippen LogP contribution is -2.57. The van der Waals surface area contributed by atoms with Crippen molar-refractivity contribution in [1.29, 1.82) is 5.26 Å². The van der Waals surface area contributed by atoms with Crippen molar-refractivity contribution in [2.24, 2.45) is 11.8 Å². The summed E-state index contributed by atoms with van der Waals surface area (Å²) in [7, 11) is -3.67. The Labute approximate surface area is 201 Å². The van der Waals surface area contributed by atoms with Crippen molar-refractivity contribution in [2.75, 3.05) is 32.7 Å². The van der Waals surface area contributed by atoms with E-state index in [1.165, 1.54) is 8.61 Å². The van der Waals surface area contributed by atoms with Gasteiger partial charge in [-0.2, -0.15) is 22.3 Å². The van der Waals surface area contributed by atoms with Crippen LogP contribution in [0.2, 0.25) is 0 Å². The fraction of sp³-hybridized carbons (Fsp3) is 0.625. The molecule has 3 aliphatic rings. The third-order valence-electron chi connectivity index (χ3n) is 7.34. The molecule has 9 nitrogen and oxygen atoms in total. The van der Waals surface area contributed by atoms with Crippen molar-refractivity contribution in [3.63, 3.8) is 0 Å². The Morgan fingerprint density at radius 3 is 2.41 bits per heavy atom.